The molecule has 1 saturated heterocycles. The second kappa shape index (κ2) is 16.6. The topological polar surface area (TPSA) is 194 Å². The maximum absolute atomic E-state index is 13.3. The molecule has 2 aliphatic rings. The van der Waals surface area contributed by atoms with Gasteiger partial charge in [0.25, 0.3) is 17.7 Å². The van der Waals surface area contributed by atoms with Crippen LogP contribution in [0.4, 0.5) is 24.5 Å². The maximum Gasteiger partial charge on any atom is 0.433 e. The average Bonchev–Trinajstić information content (AvgIpc) is 3.62. The van der Waals surface area contributed by atoms with Crippen LogP contribution in [0.5, 0.6) is 5.75 Å². The quantitative estimate of drug-likeness (QED) is 0.0938. The van der Waals surface area contributed by atoms with Gasteiger partial charge in [0, 0.05) is 50.1 Å². The lowest BCUT2D eigenvalue weighted by Gasteiger charge is -2.27. The molecule has 0 radical (unpaired) electrons. The molecule has 4 heterocycles. The summed E-state index contributed by atoms with van der Waals surface area (Å²) >= 11 is 0. The summed E-state index contributed by atoms with van der Waals surface area (Å²) in [6.07, 6.45) is -2.48. The highest BCUT2D eigenvalue weighted by molar-refractivity contribution is 6.25. The largest absolute Gasteiger partial charge is 0.492 e. The Morgan fingerprint density at radius 3 is 2.43 bits per heavy atom. The fourth-order valence-corrected chi connectivity index (χ4v) is 6.88. The Morgan fingerprint density at radius 2 is 1.71 bits per heavy atom. The highest BCUT2D eigenvalue weighted by Gasteiger charge is 2.45. The third-order valence-corrected chi connectivity index (χ3v) is 10.2. The zero-order valence-electron chi connectivity index (χ0n) is 32.3. The number of anilines is 2. The van der Waals surface area contributed by atoms with Crippen LogP contribution >= 0.6 is 0 Å². The Bertz CT molecular complexity index is 2310. The monoisotopic (exact) mass is 804 g/mol. The lowest BCUT2D eigenvalue weighted by Crippen LogP contribution is -2.54. The summed E-state index contributed by atoms with van der Waals surface area (Å²) in [5.41, 5.74) is -0.107. The number of aryl methyl sites for hydroxylation is 2. The van der Waals surface area contributed by atoms with Gasteiger partial charge in [-0.3, -0.25) is 39.0 Å². The average molecular weight is 805 g/mol. The molecule has 4 aromatic rings. The smallest absolute Gasteiger partial charge is 0.433 e. The van der Waals surface area contributed by atoms with Crippen LogP contribution in [0.25, 0.3) is 11.0 Å². The van der Waals surface area contributed by atoms with E-state index in [1.807, 2.05) is 18.4 Å². The summed E-state index contributed by atoms with van der Waals surface area (Å²) in [5, 5.41) is 11.0. The third kappa shape index (κ3) is 8.64. The first-order valence-electron chi connectivity index (χ1n) is 18.8. The first-order chi connectivity index (χ1) is 27.5. The number of hydrogen-bond donors (Lipinski definition) is 4. The molecule has 4 N–H and O–H groups in total. The number of pyridine rings is 1. The fraction of sp³-hybridized carbons (Fsp3) is 0.400. The Kier molecular flexibility index (Phi) is 11.9. The Hall–Kier alpha value is -6.33. The molecular formula is C40H43F3N8O7. The van der Waals surface area contributed by atoms with Crippen LogP contribution in [0.2, 0.25) is 0 Å². The van der Waals surface area contributed by atoms with Crippen LogP contribution in [0.1, 0.15) is 95.6 Å². The van der Waals surface area contributed by atoms with E-state index < -0.39 is 58.6 Å². The SMILES string of the molecule is CCOc1cc2nc(CCC(C)(C)C(=O)NCCCCNc3cccc4c3C(=O)N(C3CCC(=O)NC3=O)C4=O)n(C)c2cc1NC(=O)c1cccc(C(F)(F)F)n1. The number of piperidine rings is 1. The van der Waals surface area contributed by atoms with Crippen LogP contribution < -0.4 is 26.0 Å². The lowest BCUT2D eigenvalue weighted by atomic mass is 9.86. The number of carbonyl (C=O) groups excluding carboxylic acids is 6. The van der Waals surface area contributed by atoms with Gasteiger partial charge in [-0.1, -0.05) is 26.0 Å². The van der Waals surface area contributed by atoms with Gasteiger partial charge in [-0.2, -0.15) is 13.2 Å². The molecule has 1 fully saturated rings. The fourth-order valence-electron chi connectivity index (χ4n) is 6.88. The van der Waals surface area contributed by atoms with Crippen molar-refractivity contribution in [3.63, 3.8) is 0 Å². The number of nitrogens with one attached hydrogen (secondary N) is 4. The molecule has 6 rings (SSSR count). The number of nitrogens with zero attached hydrogens (tertiary/aromatic N) is 4. The van der Waals surface area contributed by atoms with Gasteiger partial charge >= 0.3 is 6.18 Å². The van der Waals surface area contributed by atoms with Crippen molar-refractivity contribution >= 4 is 57.9 Å². The van der Waals surface area contributed by atoms with Crippen molar-refractivity contribution in [3.05, 3.63) is 76.9 Å². The molecule has 1 unspecified atom stereocenters. The van der Waals surface area contributed by atoms with E-state index in [9.17, 15) is 41.9 Å². The Morgan fingerprint density at radius 1 is 0.966 bits per heavy atom. The van der Waals surface area contributed by atoms with Crippen LogP contribution in [0, 0.1) is 5.41 Å². The van der Waals surface area contributed by atoms with Crippen LogP contribution in [-0.4, -0.2) is 80.6 Å². The number of rotatable bonds is 15. The van der Waals surface area contributed by atoms with Gasteiger partial charge in [-0.05, 0) is 62.9 Å². The number of amides is 6. The minimum atomic E-state index is -4.71. The molecule has 15 nitrogen and oxygen atoms in total. The maximum atomic E-state index is 13.3. The van der Waals surface area contributed by atoms with Gasteiger partial charge in [0.05, 0.1) is 34.5 Å². The Balaban J connectivity index is 1.01. The van der Waals surface area contributed by atoms with Crippen molar-refractivity contribution in [2.24, 2.45) is 12.5 Å². The molecule has 58 heavy (non-hydrogen) atoms. The Labute approximate surface area is 331 Å². The summed E-state index contributed by atoms with van der Waals surface area (Å²) in [6.45, 7) is 6.52. The molecule has 2 aromatic carbocycles. The van der Waals surface area contributed by atoms with Crippen molar-refractivity contribution in [2.45, 2.75) is 71.5 Å². The number of hydrogen-bond acceptors (Lipinski definition) is 10. The molecule has 0 saturated carbocycles. The van der Waals surface area contributed by atoms with Crippen LogP contribution in [0.3, 0.4) is 0 Å². The lowest BCUT2D eigenvalue weighted by molar-refractivity contribution is -0.141. The number of imidazole rings is 1. The highest BCUT2D eigenvalue weighted by atomic mass is 19.4. The number of imide groups is 2. The van der Waals surface area contributed by atoms with Crippen molar-refractivity contribution in [1.82, 2.24) is 30.1 Å². The van der Waals surface area contributed by atoms with E-state index in [4.69, 9.17) is 9.72 Å². The first-order valence-corrected chi connectivity index (χ1v) is 18.8. The number of fused-ring (bicyclic) bond motifs is 2. The van der Waals surface area contributed by atoms with Crippen LogP contribution in [-0.2, 0) is 34.0 Å². The number of halogens is 3. The van der Waals surface area contributed by atoms with Gasteiger partial charge < -0.3 is 25.3 Å². The first kappa shape index (κ1) is 41.3. The van der Waals surface area contributed by atoms with E-state index in [1.165, 1.54) is 12.1 Å². The van der Waals surface area contributed by atoms with Gasteiger partial charge in [-0.15, -0.1) is 0 Å². The number of unbranched alkanes of at least 4 members (excludes halogenated alkanes) is 1. The summed E-state index contributed by atoms with van der Waals surface area (Å²) in [6, 6.07) is 10.2. The van der Waals surface area contributed by atoms with E-state index in [1.54, 1.807) is 38.2 Å². The number of alkyl halides is 3. The molecular weight excluding hydrogens is 761 g/mol. The number of ether oxygens (including phenoxy) is 1. The molecule has 1 atom stereocenters. The van der Waals surface area contributed by atoms with Crippen molar-refractivity contribution in [1.29, 1.82) is 0 Å². The van der Waals surface area contributed by atoms with Crippen molar-refractivity contribution in [3.8, 4) is 5.75 Å². The van der Waals surface area contributed by atoms with Crippen molar-refractivity contribution in [2.75, 3.05) is 30.3 Å². The summed E-state index contributed by atoms with van der Waals surface area (Å²) in [7, 11) is 1.79. The van der Waals surface area contributed by atoms with E-state index in [0.29, 0.717) is 61.3 Å². The summed E-state index contributed by atoms with van der Waals surface area (Å²) in [5.74, 6) is -2.34. The molecule has 2 aliphatic heterocycles. The minimum Gasteiger partial charge on any atom is -0.492 e. The molecule has 0 spiro atoms. The van der Waals surface area contributed by atoms with Gasteiger partial charge in [0.1, 0.15) is 29.0 Å². The standard InChI is InChI=1S/C40H43F3N8O7/c1-5-58-29-21-25-28(20-26(29)48-34(53)24-12-9-13-30(46-24)40(41,42)43)50(4)31(47-25)16-17-39(2,3)38(57)45-19-7-6-18-44-23-11-8-10-22-33(23)37(56)51(36(22)55)27-14-15-32(52)49-35(27)54/h8-13,20-21,27,44H,5-7,14-19H2,1-4H3,(H,45,57)(H,48,53)(H,49,52,54). The molecule has 0 bridgehead atoms. The van der Waals surface area contributed by atoms with Gasteiger partial charge in [-0.25, -0.2) is 9.97 Å². The van der Waals surface area contributed by atoms with E-state index in [-0.39, 0.29) is 47.9 Å². The zero-order valence-corrected chi connectivity index (χ0v) is 32.3. The summed E-state index contributed by atoms with van der Waals surface area (Å²) in [4.78, 5) is 85.8. The normalized spacial score (nSPS) is 15.7. The predicted molar refractivity (Wildman–Crippen MR) is 205 cm³/mol. The molecule has 0 aliphatic carbocycles. The third-order valence-electron chi connectivity index (χ3n) is 10.2. The van der Waals surface area contributed by atoms with Crippen LogP contribution in [0.15, 0.2) is 48.5 Å². The number of aromatic nitrogens is 3. The van der Waals surface area contributed by atoms with E-state index >= 15 is 0 Å². The van der Waals surface area contributed by atoms with E-state index in [2.05, 4.69) is 26.3 Å². The number of benzene rings is 2. The molecule has 306 valence electrons. The molecule has 2 aromatic heterocycles. The molecule has 6 amide bonds. The minimum absolute atomic E-state index is 0.0317. The predicted octanol–water partition coefficient (Wildman–Crippen LogP) is 5.01. The zero-order chi connectivity index (χ0) is 41.9. The van der Waals surface area contributed by atoms with E-state index in [0.717, 1.165) is 17.0 Å². The number of carbonyl (C=O) groups is 6. The van der Waals surface area contributed by atoms with Gasteiger partial charge in [0.15, 0.2) is 0 Å². The highest BCUT2D eigenvalue weighted by Crippen LogP contribution is 2.34. The second-order valence-corrected chi connectivity index (χ2v) is 14.7. The second-order valence-electron chi connectivity index (χ2n) is 14.7. The molecule has 18 heteroatoms. The van der Waals surface area contributed by atoms with Gasteiger partial charge in [0.2, 0.25) is 17.7 Å². The van der Waals surface area contributed by atoms with Crippen molar-refractivity contribution < 1.29 is 46.7 Å². The summed E-state index contributed by atoms with van der Waals surface area (Å²) < 4.78 is 47.2.